The van der Waals surface area contributed by atoms with Gasteiger partial charge in [0.15, 0.2) is 0 Å². The number of hydrogen-bond acceptors (Lipinski definition) is 3. The van der Waals surface area contributed by atoms with E-state index in [1.165, 1.54) is 0 Å². The third-order valence-corrected chi connectivity index (χ3v) is 5.44. The zero-order valence-corrected chi connectivity index (χ0v) is 14.6. The molecule has 1 amide bonds. The molecule has 1 saturated heterocycles. The van der Waals surface area contributed by atoms with Gasteiger partial charge in [-0.3, -0.25) is 14.5 Å². The Hall–Kier alpha value is -1.73. The highest BCUT2D eigenvalue weighted by Crippen LogP contribution is 2.49. The van der Waals surface area contributed by atoms with Crippen molar-refractivity contribution in [2.24, 2.45) is 11.3 Å². The summed E-state index contributed by atoms with van der Waals surface area (Å²) in [7, 11) is 0. The van der Waals surface area contributed by atoms with E-state index in [4.69, 9.17) is 0 Å². The summed E-state index contributed by atoms with van der Waals surface area (Å²) >= 11 is 0. The second-order valence-electron chi connectivity index (χ2n) is 6.77. The van der Waals surface area contributed by atoms with Crippen molar-refractivity contribution in [1.82, 2.24) is 4.90 Å². The summed E-state index contributed by atoms with van der Waals surface area (Å²) in [6.45, 7) is 2.50. The molecule has 3 rings (SSSR count). The fourth-order valence-corrected chi connectivity index (χ4v) is 3.97. The average Bonchev–Trinajstić information content (AvgIpc) is 3.08. The molecule has 1 aliphatic carbocycles. The SMILES string of the molecule is CC(C(=O)Nc1cc(F)ccc1F)N1C[C@@H]2CCC[C@@]2(C(=O)O)C1.Cl. The van der Waals surface area contributed by atoms with E-state index in [9.17, 15) is 23.5 Å². The molecule has 1 aromatic rings. The Kier molecular flexibility index (Phi) is 5.68. The Morgan fingerprint density at radius 2 is 2.12 bits per heavy atom. The largest absolute Gasteiger partial charge is 0.481 e. The number of carboxylic acid groups (broad SMARTS) is 1. The predicted molar refractivity (Wildman–Crippen MR) is 90.7 cm³/mol. The van der Waals surface area contributed by atoms with E-state index in [-0.39, 0.29) is 24.0 Å². The lowest BCUT2D eigenvalue weighted by Crippen LogP contribution is -2.43. The Morgan fingerprint density at radius 1 is 1.40 bits per heavy atom. The van der Waals surface area contributed by atoms with Gasteiger partial charge in [-0.1, -0.05) is 6.42 Å². The van der Waals surface area contributed by atoms with Crippen molar-refractivity contribution in [1.29, 1.82) is 0 Å². The number of carbonyl (C=O) groups is 2. The summed E-state index contributed by atoms with van der Waals surface area (Å²) in [6.07, 6.45) is 2.35. The Morgan fingerprint density at radius 3 is 2.76 bits per heavy atom. The first-order chi connectivity index (χ1) is 11.3. The molecular weight excluding hydrogens is 354 g/mol. The van der Waals surface area contributed by atoms with Crippen molar-refractivity contribution < 1.29 is 23.5 Å². The molecule has 2 N–H and O–H groups in total. The van der Waals surface area contributed by atoms with Crippen LogP contribution in [0.15, 0.2) is 18.2 Å². The summed E-state index contributed by atoms with van der Waals surface area (Å²) in [5.74, 6) is -2.59. The van der Waals surface area contributed by atoms with Gasteiger partial charge in [0.05, 0.1) is 17.1 Å². The minimum atomic E-state index is -0.809. The first-order valence-electron chi connectivity index (χ1n) is 8.07. The number of nitrogens with one attached hydrogen (secondary N) is 1. The summed E-state index contributed by atoms with van der Waals surface area (Å²) in [4.78, 5) is 25.9. The van der Waals surface area contributed by atoms with Crippen molar-refractivity contribution >= 4 is 30.0 Å². The van der Waals surface area contributed by atoms with Crippen molar-refractivity contribution in [2.75, 3.05) is 18.4 Å². The van der Waals surface area contributed by atoms with Crippen LogP contribution in [0, 0.1) is 23.0 Å². The van der Waals surface area contributed by atoms with Crippen molar-refractivity contribution in [3.63, 3.8) is 0 Å². The molecule has 1 aromatic carbocycles. The van der Waals surface area contributed by atoms with E-state index in [0.717, 1.165) is 31.0 Å². The fourth-order valence-electron chi connectivity index (χ4n) is 3.97. The Bertz CT molecular complexity index is 688. The second kappa shape index (κ2) is 7.25. The summed E-state index contributed by atoms with van der Waals surface area (Å²) in [6, 6.07) is 2.24. The smallest absolute Gasteiger partial charge is 0.311 e. The van der Waals surface area contributed by atoms with E-state index in [1.807, 2.05) is 4.90 Å². The lowest BCUT2D eigenvalue weighted by molar-refractivity contribution is -0.149. The van der Waals surface area contributed by atoms with Gasteiger partial charge in [0.2, 0.25) is 5.91 Å². The highest BCUT2D eigenvalue weighted by atomic mass is 35.5. The second-order valence-corrected chi connectivity index (χ2v) is 6.77. The van der Waals surface area contributed by atoms with E-state index in [1.54, 1.807) is 6.92 Å². The molecule has 25 heavy (non-hydrogen) atoms. The molecule has 1 unspecified atom stereocenters. The highest BCUT2D eigenvalue weighted by Gasteiger charge is 2.55. The number of carboxylic acids is 1. The van der Waals surface area contributed by atoms with Gasteiger partial charge in [0.25, 0.3) is 0 Å². The maximum Gasteiger partial charge on any atom is 0.311 e. The van der Waals surface area contributed by atoms with Gasteiger partial charge in [0, 0.05) is 19.2 Å². The number of halogens is 3. The lowest BCUT2D eigenvalue weighted by Gasteiger charge is -2.26. The minimum Gasteiger partial charge on any atom is -0.481 e. The molecule has 1 aliphatic heterocycles. The van der Waals surface area contributed by atoms with Gasteiger partial charge in [-0.05, 0) is 37.8 Å². The van der Waals surface area contributed by atoms with Crippen LogP contribution in [0.5, 0.6) is 0 Å². The lowest BCUT2D eigenvalue weighted by atomic mass is 9.81. The maximum atomic E-state index is 13.7. The van der Waals surface area contributed by atoms with E-state index < -0.39 is 35.0 Å². The zero-order valence-electron chi connectivity index (χ0n) is 13.8. The van der Waals surface area contributed by atoms with Crippen LogP contribution in [0.3, 0.4) is 0 Å². The zero-order chi connectivity index (χ0) is 17.5. The monoisotopic (exact) mass is 374 g/mol. The number of nitrogens with zero attached hydrogens (tertiary/aromatic N) is 1. The molecule has 1 saturated carbocycles. The van der Waals surface area contributed by atoms with Gasteiger partial charge in [-0.25, -0.2) is 8.78 Å². The first kappa shape index (κ1) is 19.6. The maximum absolute atomic E-state index is 13.7. The molecule has 0 spiro atoms. The molecule has 3 atom stereocenters. The van der Waals surface area contributed by atoms with E-state index >= 15 is 0 Å². The Balaban J connectivity index is 0.00000225. The molecule has 0 bridgehead atoms. The number of likely N-dealkylation sites (tertiary alicyclic amines) is 1. The summed E-state index contributed by atoms with van der Waals surface area (Å²) in [5, 5.41) is 12.0. The molecule has 138 valence electrons. The molecule has 5 nitrogen and oxygen atoms in total. The molecule has 2 fully saturated rings. The Labute approximate surface area is 150 Å². The number of aliphatic carboxylic acids is 1. The molecule has 1 heterocycles. The number of benzene rings is 1. The topological polar surface area (TPSA) is 69.6 Å². The third kappa shape index (κ3) is 3.48. The van der Waals surface area contributed by atoms with Crippen LogP contribution in [0.4, 0.5) is 14.5 Å². The number of anilines is 1. The molecule has 8 heteroatoms. The van der Waals surface area contributed by atoms with E-state index in [2.05, 4.69) is 5.32 Å². The van der Waals surface area contributed by atoms with Crippen LogP contribution in [0.2, 0.25) is 0 Å². The number of rotatable bonds is 4. The minimum absolute atomic E-state index is 0. The third-order valence-electron chi connectivity index (χ3n) is 5.44. The summed E-state index contributed by atoms with van der Waals surface area (Å²) < 4.78 is 26.9. The van der Waals surface area contributed by atoms with Crippen LogP contribution in [-0.4, -0.2) is 41.0 Å². The van der Waals surface area contributed by atoms with Crippen LogP contribution in [-0.2, 0) is 9.59 Å². The van der Waals surface area contributed by atoms with Gasteiger partial charge in [-0.2, -0.15) is 0 Å². The number of fused-ring (bicyclic) bond motifs is 1. The molecule has 0 radical (unpaired) electrons. The van der Waals surface area contributed by atoms with Gasteiger partial charge >= 0.3 is 5.97 Å². The normalized spacial score (nSPS) is 26.6. The molecule has 2 aliphatic rings. The van der Waals surface area contributed by atoms with Gasteiger partial charge in [0.1, 0.15) is 11.6 Å². The average molecular weight is 375 g/mol. The predicted octanol–water partition coefficient (Wildman–Crippen LogP) is 2.90. The fraction of sp³-hybridized carbons (Fsp3) is 0.529. The van der Waals surface area contributed by atoms with Gasteiger partial charge in [-0.15, -0.1) is 12.4 Å². The van der Waals surface area contributed by atoms with E-state index in [0.29, 0.717) is 19.5 Å². The van der Waals surface area contributed by atoms with Gasteiger partial charge < -0.3 is 10.4 Å². The standard InChI is InChI=1S/C17H20F2N2O3.ClH/c1-10(15(22)20-14-7-12(18)4-5-13(14)19)21-8-11-3-2-6-17(11,9-21)16(23)24;/h4-5,7,10-11H,2-3,6,8-9H2,1H3,(H,20,22)(H,23,24);1H/t10?,11-,17+;/m0./s1. The molecular formula is C17H21ClF2N2O3. The van der Waals surface area contributed by atoms with Crippen molar-refractivity contribution in [3.05, 3.63) is 29.8 Å². The highest BCUT2D eigenvalue weighted by molar-refractivity contribution is 5.94. The van der Waals surface area contributed by atoms with Crippen LogP contribution in [0.25, 0.3) is 0 Å². The number of carbonyl (C=O) groups excluding carboxylic acids is 1. The first-order valence-corrected chi connectivity index (χ1v) is 8.07. The van der Waals surface area contributed by atoms with Crippen LogP contribution in [0.1, 0.15) is 26.2 Å². The van der Waals surface area contributed by atoms with Crippen molar-refractivity contribution in [2.45, 2.75) is 32.2 Å². The summed E-state index contributed by atoms with van der Waals surface area (Å²) in [5.41, 5.74) is -0.988. The number of amides is 1. The molecule has 0 aromatic heterocycles. The quantitative estimate of drug-likeness (QED) is 0.850. The number of hydrogen-bond donors (Lipinski definition) is 2. The van der Waals surface area contributed by atoms with Crippen molar-refractivity contribution in [3.8, 4) is 0 Å². The van der Waals surface area contributed by atoms with Crippen LogP contribution < -0.4 is 5.32 Å². The van der Waals surface area contributed by atoms with Crippen LogP contribution >= 0.6 is 12.4 Å².